The summed E-state index contributed by atoms with van der Waals surface area (Å²) in [6, 6.07) is 3.87. The summed E-state index contributed by atoms with van der Waals surface area (Å²) in [6.45, 7) is 4.66. The maximum atomic E-state index is 13.9. The number of hydrogen-bond acceptors (Lipinski definition) is 4. The third kappa shape index (κ3) is 3.39. The average Bonchev–Trinajstić information content (AvgIpc) is 3.10. The van der Waals surface area contributed by atoms with Crippen LogP contribution in [0.4, 0.5) is 4.39 Å². The van der Waals surface area contributed by atoms with Crippen molar-refractivity contribution in [1.29, 1.82) is 0 Å². The summed E-state index contributed by atoms with van der Waals surface area (Å²) in [5.74, 6) is 0.821. The summed E-state index contributed by atoms with van der Waals surface area (Å²) < 4.78 is 25.4. The van der Waals surface area contributed by atoms with Crippen molar-refractivity contribution in [3.63, 3.8) is 0 Å². The number of nitrogens with zero attached hydrogens (tertiary/aromatic N) is 2. The lowest BCUT2D eigenvalue weighted by atomic mass is 9.95. The molecule has 2 aromatic rings. The standard InChI is InChI=1S/C18H24FN3O2/c19-17-8-15(9-18-16(17)10-20-21-18)24-11-13-3-5-22(6-4-13)14-2-1-7-23-12-14/h8-10,13-14H,1-7,11-12H2,(H,20,21). The van der Waals surface area contributed by atoms with Crippen LogP contribution >= 0.6 is 0 Å². The molecule has 2 aliphatic rings. The van der Waals surface area contributed by atoms with Gasteiger partial charge in [0.25, 0.3) is 0 Å². The van der Waals surface area contributed by atoms with Crippen molar-refractivity contribution < 1.29 is 13.9 Å². The molecular weight excluding hydrogens is 309 g/mol. The normalized spacial score (nSPS) is 23.6. The topological polar surface area (TPSA) is 50.4 Å². The molecule has 1 aromatic carbocycles. The molecule has 0 aliphatic carbocycles. The predicted octanol–water partition coefficient (Wildman–Crippen LogP) is 2.97. The number of fused-ring (bicyclic) bond motifs is 1. The van der Waals surface area contributed by atoms with Gasteiger partial charge in [0.05, 0.1) is 30.3 Å². The average molecular weight is 333 g/mol. The SMILES string of the molecule is Fc1cc(OCC2CCN(C3CCCOC3)CC2)cc2[nH]ncc12. The first-order valence-corrected chi connectivity index (χ1v) is 8.87. The number of halogens is 1. The Morgan fingerprint density at radius 3 is 2.96 bits per heavy atom. The first-order chi connectivity index (χ1) is 11.8. The Morgan fingerprint density at radius 2 is 2.17 bits per heavy atom. The first kappa shape index (κ1) is 15.8. The number of rotatable bonds is 4. The largest absolute Gasteiger partial charge is 0.493 e. The fraction of sp³-hybridized carbons (Fsp3) is 0.611. The van der Waals surface area contributed by atoms with Gasteiger partial charge in [0.2, 0.25) is 0 Å². The highest BCUT2D eigenvalue weighted by Crippen LogP contribution is 2.26. The number of H-pyrrole nitrogens is 1. The highest BCUT2D eigenvalue weighted by atomic mass is 19.1. The van der Waals surface area contributed by atoms with Gasteiger partial charge < -0.3 is 9.47 Å². The number of aromatic nitrogens is 2. The monoisotopic (exact) mass is 333 g/mol. The number of benzene rings is 1. The minimum atomic E-state index is -0.289. The van der Waals surface area contributed by atoms with E-state index in [0.717, 1.165) is 39.1 Å². The Hall–Kier alpha value is -1.66. The van der Waals surface area contributed by atoms with Crippen LogP contribution < -0.4 is 4.74 Å². The lowest BCUT2D eigenvalue weighted by Gasteiger charge is -2.39. The van der Waals surface area contributed by atoms with Gasteiger partial charge in [-0.25, -0.2) is 4.39 Å². The second-order valence-corrected chi connectivity index (χ2v) is 6.90. The van der Waals surface area contributed by atoms with Crippen molar-refractivity contribution in [2.75, 3.05) is 32.9 Å². The van der Waals surface area contributed by atoms with Crippen LogP contribution in [-0.2, 0) is 4.74 Å². The zero-order chi connectivity index (χ0) is 16.4. The molecule has 2 saturated heterocycles. The predicted molar refractivity (Wildman–Crippen MR) is 89.7 cm³/mol. The smallest absolute Gasteiger partial charge is 0.137 e. The summed E-state index contributed by atoms with van der Waals surface area (Å²) in [5.41, 5.74) is 0.678. The van der Waals surface area contributed by atoms with Gasteiger partial charge in [-0.1, -0.05) is 0 Å². The maximum Gasteiger partial charge on any atom is 0.137 e. The first-order valence-electron chi connectivity index (χ1n) is 8.87. The fourth-order valence-corrected chi connectivity index (χ4v) is 3.78. The van der Waals surface area contributed by atoms with E-state index in [1.54, 1.807) is 0 Å². The number of ether oxygens (including phenoxy) is 2. The van der Waals surface area contributed by atoms with Crippen molar-refractivity contribution in [2.24, 2.45) is 5.92 Å². The van der Waals surface area contributed by atoms with Gasteiger partial charge in [-0.05, 0) is 44.7 Å². The van der Waals surface area contributed by atoms with E-state index < -0.39 is 0 Å². The molecule has 0 bridgehead atoms. The molecule has 130 valence electrons. The van der Waals surface area contributed by atoms with Gasteiger partial charge in [-0.3, -0.25) is 10.00 Å². The second-order valence-electron chi connectivity index (χ2n) is 6.90. The molecule has 6 heteroatoms. The molecule has 3 heterocycles. The minimum Gasteiger partial charge on any atom is -0.493 e. The number of hydrogen-bond donors (Lipinski definition) is 1. The zero-order valence-electron chi connectivity index (χ0n) is 13.8. The molecule has 1 unspecified atom stereocenters. The highest BCUT2D eigenvalue weighted by Gasteiger charge is 2.26. The van der Waals surface area contributed by atoms with Gasteiger partial charge in [0, 0.05) is 24.8 Å². The molecule has 0 spiro atoms. The second kappa shape index (κ2) is 7.07. The third-order valence-electron chi connectivity index (χ3n) is 5.27. The van der Waals surface area contributed by atoms with E-state index in [2.05, 4.69) is 15.1 Å². The Balaban J connectivity index is 1.29. The van der Waals surface area contributed by atoms with Crippen molar-refractivity contribution in [3.8, 4) is 5.75 Å². The van der Waals surface area contributed by atoms with Crippen LogP contribution in [0, 0.1) is 11.7 Å². The summed E-state index contributed by atoms with van der Waals surface area (Å²) >= 11 is 0. The summed E-state index contributed by atoms with van der Waals surface area (Å²) in [7, 11) is 0. The summed E-state index contributed by atoms with van der Waals surface area (Å²) in [5, 5.41) is 7.17. The lowest BCUT2D eigenvalue weighted by Crippen LogP contribution is -2.46. The van der Waals surface area contributed by atoms with E-state index in [9.17, 15) is 4.39 Å². The Kier molecular flexibility index (Phi) is 4.67. The third-order valence-corrected chi connectivity index (χ3v) is 5.27. The van der Waals surface area contributed by atoms with Gasteiger partial charge in [0.1, 0.15) is 11.6 Å². The summed E-state index contributed by atoms with van der Waals surface area (Å²) in [4.78, 5) is 2.56. The van der Waals surface area contributed by atoms with Crippen molar-refractivity contribution in [1.82, 2.24) is 15.1 Å². The molecule has 24 heavy (non-hydrogen) atoms. The van der Waals surface area contributed by atoms with E-state index in [1.165, 1.54) is 25.1 Å². The highest BCUT2D eigenvalue weighted by molar-refractivity contribution is 5.80. The van der Waals surface area contributed by atoms with E-state index >= 15 is 0 Å². The number of piperidine rings is 1. The lowest BCUT2D eigenvalue weighted by molar-refractivity contribution is 0.00185. The molecule has 4 rings (SSSR count). The Bertz CT molecular complexity index is 676. The van der Waals surface area contributed by atoms with Gasteiger partial charge >= 0.3 is 0 Å². The number of likely N-dealkylation sites (tertiary alicyclic amines) is 1. The van der Waals surface area contributed by atoms with Crippen LogP contribution in [0.2, 0.25) is 0 Å². The molecule has 0 saturated carbocycles. The molecular formula is C18H24FN3O2. The van der Waals surface area contributed by atoms with E-state index in [4.69, 9.17) is 9.47 Å². The Morgan fingerprint density at radius 1 is 1.29 bits per heavy atom. The number of nitrogens with one attached hydrogen (secondary N) is 1. The molecule has 2 fully saturated rings. The quantitative estimate of drug-likeness (QED) is 0.934. The molecule has 1 aromatic heterocycles. The Labute approximate surface area is 141 Å². The van der Waals surface area contributed by atoms with Crippen LogP contribution in [0.1, 0.15) is 25.7 Å². The van der Waals surface area contributed by atoms with E-state index in [1.807, 2.05) is 6.07 Å². The van der Waals surface area contributed by atoms with Crippen LogP contribution in [0.3, 0.4) is 0 Å². The van der Waals surface area contributed by atoms with Gasteiger partial charge in [0.15, 0.2) is 0 Å². The summed E-state index contributed by atoms with van der Waals surface area (Å²) in [6.07, 6.45) is 6.19. The maximum absolute atomic E-state index is 13.9. The van der Waals surface area contributed by atoms with Crippen LogP contribution in [0.25, 0.3) is 10.9 Å². The molecule has 1 atom stereocenters. The van der Waals surface area contributed by atoms with Crippen molar-refractivity contribution in [2.45, 2.75) is 31.7 Å². The molecule has 2 aliphatic heterocycles. The van der Waals surface area contributed by atoms with Crippen molar-refractivity contribution >= 4 is 10.9 Å². The minimum absolute atomic E-state index is 0.289. The van der Waals surface area contributed by atoms with Gasteiger partial charge in [-0.2, -0.15) is 5.10 Å². The van der Waals surface area contributed by atoms with E-state index in [0.29, 0.717) is 35.2 Å². The van der Waals surface area contributed by atoms with Crippen LogP contribution in [0.15, 0.2) is 18.3 Å². The number of aromatic amines is 1. The van der Waals surface area contributed by atoms with Crippen LogP contribution in [-0.4, -0.2) is 54.0 Å². The zero-order valence-corrected chi connectivity index (χ0v) is 13.8. The molecule has 5 nitrogen and oxygen atoms in total. The molecule has 0 radical (unpaired) electrons. The van der Waals surface area contributed by atoms with Gasteiger partial charge in [-0.15, -0.1) is 0 Å². The van der Waals surface area contributed by atoms with E-state index in [-0.39, 0.29) is 5.82 Å². The van der Waals surface area contributed by atoms with Crippen LogP contribution in [0.5, 0.6) is 5.75 Å². The van der Waals surface area contributed by atoms with Crippen molar-refractivity contribution in [3.05, 3.63) is 24.1 Å². The fourth-order valence-electron chi connectivity index (χ4n) is 3.78. The molecule has 1 N–H and O–H groups in total. The molecule has 0 amide bonds.